The number of nitrogens with zero attached hydrogens (tertiary/aromatic N) is 1. The lowest BCUT2D eigenvalue weighted by atomic mass is 9.89. The van der Waals surface area contributed by atoms with E-state index in [2.05, 4.69) is 10.6 Å². The van der Waals surface area contributed by atoms with Gasteiger partial charge in [-0.15, -0.1) is 0 Å². The van der Waals surface area contributed by atoms with Crippen molar-refractivity contribution in [2.75, 3.05) is 0 Å². The molecular weight excluding hydrogens is 356 g/mol. The van der Waals surface area contributed by atoms with E-state index < -0.39 is 6.04 Å². The molecule has 7 nitrogen and oxygen atoms in total. The van der Waals surface area contributed by atoms with Gasteiger partial charge in [-0.05, 0) is 55.2 Å². The van der Waals surface area contributed by atoms with E-state index in [0.717, 1.165) is 36.3 Å². The molecule has 3 amide bonds. The van der Waals surface area contributed by atoms with Crippen molar-refractivity contribution in [1.29, 1.82) is 0 Å². The summed E-state index contributed by atoms with van der Waals surface area (Å²) < 4.78 is 0. The molecule has 1 saturated heterocycles. The lowest BCUT2D eigenvalue weighted by molar-refractivity contribution is -0.136. The number of piperidine rings is 1. The van der Waals surface area contributed by atoms with Crippen LogP contribution >= 0.6 is 0 Å². The summed E-state index contributed by atoms with van der Waals surface area (Å²) in [5.74, 6) is -0.0174. The second kappa shape index (κ2) is 6.39. The van der Waals surface area contributed by atoms with Gasteiger partial charge in [0, 0.05) is 36.7 Å². The molecule has 0 aromatic heterocycles. The summed E-state index contributed by atoms with van der Waals surface area (Å²) in [6, 6.07) is 5.53. The molecule has 5 rings (SSSR count). The van der Waals surface area contributed by atoms with Crippen LogP contribution < -0.4 is 16.4 Å². The molecule has 148 valence electrons. The van der Waals surface area contributed by atoms with Crippen molar-refractivity contribution < 1.29 is 14.4 Å². The third-order valence-electron chi connectivity index (χ3n) is 7.17. The number of rotatable bonds is 4. The quantitative estimate of drug-likeness (QED) is 0.669. The summed E-state index contributed by atoms with van der Waals surface area (Å²) in [5, 5.41) is 6.00. The minimum Gasteiger partial charge on any atom is -0.324 e. The molecule has 4 N–H and O–H groups in total. The van der Waals surface area contributed by atoms with Crippen LogP contribution in [0.4, 0.5) is 0 Å². The first-order chi connectivity index (χ1) is 13.4. The van der Waals surface area contributed by atoms with Gasteiger partial charge < -0.3 is 16.0 Å². The average molecular weight is 382 g/mol. The van der Waals surface area contributed by atoms with Crippen molar-refractivity contribution in [1.82, 2.24) is 15.5 Å². The van der Waals surface area contributed by atoms with Crippen molar-refractivity contribution in [3.05, 3.63) is 34.9 Å². The van der Waals surface area contributed by atoms with Gasteiger partial charge in [0.25, 0.3) is 5.91 Å². The van der Waals surface area contributed by atoms with Crippen molar-refractivity contribution in [2.45, 2.75) is 69.2 Å². The summed E-state index contributed by atoms with van der Waals surface area (Å²) in [6.45, 7) is 1.09. The summed E-state index contributed by atoms with van der Waals surface area (Å²) in [7, 11) is 0. The van der Waals surface area contributed by atoms with Crippen LogP contribution in [0.25, 0.3) is 0 Å². The number of hydrogen-bond donors (Lipinski definition) is 3. The predicted molar refractivity (Wildman–Crippen MR) is 102 cm³/mol. The topological polar surface area (TPSA) is 105 Å². The van der Waals surface area contributed by atoms with Gasteiger partial charge in [-0.3, -0.25) is 19.7 Å². The molecule has 2 saturated carbocycles. The highest BCUT2D eigenvalue weighted by molar-refractivity contribution is 6.05. The van der Waals surface area contributed by atoms with Gasteiger partial charge in [0.2, 0.25) is 11.8 Å². The number of benzene rings is 1. The van der Waals surface area contributed by atoms with Crippen LogP contribution in [0.3, 0.4) is 0 Å². The Morgan fingerprint density at radius 2 is 2.11 bits per heavy atom. The van der Waals surface area contributed by atoms with Crippen LogP contribution in [0, 0.1) is 5.92 Å². The molecule has 4 unspecified atom stereocenters. The van der Waals surface area contributed by atoms with Crippen molar-refractivity contribution in [2.24, 2.45) is 11.7 Å². The number of nitrogens with two attached hydrogens (primary N) is 1. The lowest BCUT2D eigenvalue weighted by Crippen LogP contribution is -2.53. The number of carbonyl (C=O) groups excluding carboxylic acids is 3. The Kier molecular flexibility index (Phi) is 4.07. The number of carbonyl (C=O) groups is 3. The van der Waals surface area contributed by atoms with E-state index in [1.54, 1.807) is 4.90 Å². The molecular formula is C21H26N4O3. The van der Waals surface area contributed by atoms with E-state index in [1.165, 1.54) is 6.42 Å². The van der Waals surface area contributed by atoms with Gasteiger partial charge in [0.1, 0.15) is 6.04 Å². The van der Waals surface area contributed by atoms with Gasteiger partial charge in [-0.25, -0.2) is 0 Å². The lowest BCUT2D eigenvalue weighted by Gasteiger charge is -2.32. The molecule has 28 heavy (non-hydrogen) atoms. The number of amides is 3. The van der Waals surface area contributed by atoms with E-state index in [9.17, 15) is 14.4 Å². The Labute approximate surface area is 164 Å². The van der Waals surface area contributed by atoms with Crippen LogP contribution in [-0.2, 0) is 22.7 Å². The fourth-order valence-electron chi connectivity index (χ4n) is 5.64. The Morgan fingerprint density at radius 1 is 1.25 bits per heavy atom. The van der Waals surface area contributed by atoms with Crippen LogP contribution in [0.15, 0.2) is 18.2 Å². The van der Waals surface area contributed by atoms with E-state index in [-0.39, 0.29) is 29.7 Å². The van der Waals surface area contributed by atoms with Gasteiger partial charge in [-0.2, -0.15) is 0 Å². The largest absolute Gasteiger partial charge is 0.324 e. The molecule has 4 aliphatic rings. The van der Waals surface area contributed by atoms with Crippen LogP contribution in [0.5, 0.6) is 0 Å². The SMILES string of the molecule is NC12CCC(CC1NCc1cccc3c1CN(C1CCC(=O)NC1=O)C3=O)C2. The second-order valence-electron chi connectivity index (χ2n) is 8.85. The molecule has 2 aliphatic carbocycles. The summed E-state index contributed by atoms with van der Waals surface area (Å²) >= 11 is 0. The number of fused-ring (bicyclic) bond motifs is 3. The standard InChI is InChI=1S/C21H26N4O3/c22-21-7-6-12(9-21)8-17(21)23-10-13-2-1-3-14-15(13)11-25(20(14)28)16-4-5-18(26)24-19(16)27/h1-3,12,16-17,23H,4-11,22H2,(H,24,26,27). The number of hydrogen-bond acceptors (Lipinski definition) is 5. The van der Waals surface area contributed by atoms with E-state index in [0.29, 0.717) is 31.1 Å². The second-order valence-corrected chi connectivity index (χ2v) is 8.85. The number of imide groups is 1. The summed E-state index contributed by atoms with van der Waals surface area (Å²) in [6.07, 6.45) is 5.23. The van der Waals surface area contributed by atoms with E-state index >= 15 is 0 Å². The van der Waals surface area contributed by atoms with E-state index in [4.69, 9.17) is 5.73 Å². The molecule has 3 fully saturated rings. The molecule has 7 heteroatoms. The third-order valence-corrected chi connectivity index (χ3v) is 7.17. The highest BCUT2D eigenvalue weighted by Crippen LogP contribution is 2.46. The minimum absolute atomic E-state index is 0.0861. The Hall–Kier alpha value is -2.25. The molecule has 1 aromatic rings. The van der Waals surface area contributed by atoms with Crippen molar-refractivity contribution >= 4 is 17.7 Å². The Bertz CT molecular complexity index is 869. The first-order valence-electron chi connectivity index (χ1n) is 10.2. The van der Waals surface area contributed by atoms with Crippen LogP contribution in [0.1, 0.15) is 60.0 Å². The van der Waals surface area contributed by atoms with E-state index in [1.807, 2.05) is 18.2 Å². The summed E-state index contributed by atoms with van der Waals surface area (Å²) in [5.41, 5.74) is 9.25. The molecule has 2 bridgehead atoms. The zero-order chi connectivity index (χ0) is 19.5. The van der Waals surface area contributed by atoms with Crippen molar-refractivity contribution in [3.63, 3.8) is 0 Å². The maximum atomic E-state index is 12.9. The van der Waals surface area contributed by atoms with Crippen LogP contribution in [0.2, 0.25) is 0 Å². The first kappa shape index (κ1) is 17.8. The zero-order valence-electron chi connectivity index (χ0n) is 15.9. The predicted octanol–water partition coefficient (Wildman–Crippen LogP) is 0.807. The monoisotopic (exact) mass is 382 g/mol. The number of nitrogens with one attached hydrogen (secondary N) is 2. The summed E-state index contributed by atoms with van der Waals surface area (Å²) in [4.78, 5) is 38.2. The zero-order valence-corrected chi connectivity index (χ0v) is 15.9. The van der Waals surface area contributed by atoms with Gasteiger partial charge >= 0.3 is 0 Å². The fourth-order valence-corrected chi connectivity index (χ4v) is 5.64. The molecule has 1 aromatic carbocycles. The first-order valence-corrected chi connectivity index (χ1v) is 10.2. The average Bonchev–Trinajstić information content (AvgIpc) is 3.30. The molecule has 0 spiro atoms. The Morgan fingerprint density at radius 3 is 2.82 bits per heavy atom. The molecule has 2 aliphatic heterocycles. The highest BCUT2D eigenvalue weighted by atomic mass is 16.2. The molecule has 2 heterocycles. The minimum atomic E-state index is -0.573. The molecule has 0 radical (unpaired) electrons. The third kappa shape index (κ3) is 2.76. The van der Waals surface area contributed by atoms with Gasteiger partial charge in [0.05, 0.1) is 0 Å². The smallest absolute Gasteiger partial charge is 0.255 e. The maximum Gasteiger partial charge on any atom is 0.255 e. The normalized spacial score (nSPS) is 34.1. The Balaban J connectivity index is 1.32. The van der Waals surface area contributed by atoms with Gasteiger partial charge in [0.15, 0.2) is 0 Å². The van der Waals surface area contributed by atoms with Crippen molar-refractivity contribution in [3.8, 4) is 0 Å². The maximum absolute atomic E-state index is 12.9. The highest BCUT2D eigenvalue weighted by Gasteiger charge is 2.49. The van der Waals surface area contributed by atoms with Gasteiger partial charge in [-0.1, -0.05) is 12.1 Å². The van der Waals surface area contributed by atoms with Crippen LogP contribution in [-0.4, -0.2) is 40.2 Å². The molecule has 4 atom stereocenters. The fraction of sp³-hybridized carbons (Fsp3) is 0.571.